The van der Waals surface area contributed by atoms with Gasteiger partial charge < -0.3 is 24.8 Å². The van der Waals surface area contributed by atoms with Crippen molar-refractivity contribution >= 4 is 35.3 Å². The van der Waals surface area contributed by atoms with Crippen LogP contribution in [-0.2, 0) is 28.7 Å². The molecular weight excluding hydrogens is 556 g/mol. The third-order valence-corrected chi connectivity index (χ3v) is 6.40. The third kappa shape index (κ3) is 14.3. The molecule has 0 saturated heterocycles. The minimum Gasteiger partial charge on any atom is -0.496 e. The number of methoxy groups -OCH3 is 3. The topological polar surface area (TPSA) is 154 Å². The lowest BCUT2D eigenvalue weighted by Crippen LogP contribution is -2.40. The largest absolute Gasteiger partial charge is 0.496 e. The van der Waals surface area contributed by atoms with E-state index in [0.717, 1.165) is 5.56 Å². The number of para-hydroxylation sites is 1. The molecule has 0 spiro atoms. The Morgan fingerprint density at radius 1 is 0.721 bits per heavy atom. The first kappa shape index (κ1) is 36.5. The number of rotatable bonds is 16. The second kappa shape index (κ2) is 20.4. The first-order chi connectivity index (χ1) is 20.5. The second-order valence-electron chi connectivity index (χ2n) is 9.62. The summed E-state index contributed by atoms with van der Waals surface area (Å²) in [5.41, 5.74) is 1.80. The molecule has 0 saturated carbocycles. The summed E-state index contributed by atoms with van der Waals surface area (Å²) in [4.78, 5) is 69.4. The van der Waals surface area contributed by atoms with Gasteiger partial charge in [0.15, 0.2) is 11.6 Å². The van der Waals surface area contributed by atoms with Crippen molar-refractivity contribution in [2.75, 3.05) is 27.9 Å². The lowest BCUT2D eigenvalue weighted by Gasteiger charge is -2.16. The van der Waals surface area contributed by atoms with E-state index in [0.29, 0.717) is 55.4 Å². The molecule has 2 N–H and O–H groups in total. The molecule has 0 aliphatic rings. The van der Waals surface area contributed by atoms with Gasteiger partial charge in [-0.25, -0.2) is 0 Å². The summed E-state index contributed by atoms with van der Waals surface area (Å²) in [5.74, 6) is -0.952. The molecule has 11 nitrogen and oxygen atoms in total. The van der Waals surface area contributed by atoms with Crippen molar-refractivity contribution in [3.63, 3.8) is 0 Å². The van der Waals surface area contributed by atoms with Crippen LogP contribution in [0.2, 0.25) is 0 Å². The molecular formula is C32H42N2O9. The van der Waals surface area contributed by atoms with Crippen molar-refractivity contribution in [2.24, 2.45) is 0 Å². The molecule has 2 aromatic carbocycles. The molecule has 234 valence electrons. The van der Waals surface area contributed by atoms with Gasteiger partial charge in [0.05, 0.1) is 39.5 Å². The first-order valence-electron chi connectivity index (χ1n) is 14.0. The standard InChI is InChI=1S/C16H21NO5.C16H21NO4/c1-21-14-9-5-4-8-13(14)16(20)17-11-12(18)7-3-6-10-15(19)22-2;1-11-7-4-5-8-13(11)16(20)17-14(12(2)18)9-6-10-15(19)21-3/h4-5,8-9H,3,6-7,10-11H2,1-2H3,(H,17,20);4-5,7-8,14H,6,9-10H2,1-3H3,(H,17,20). The molecule has 0 heterocycles. The fraction of sp³-hybridized carbons (Fsp3) is 0.438. The van der Waals surface area contributed by atoms with Gasteiger partial charge >= 0.3 is 11.9 Å². The number of carbonyl (C=O) groups is 6. The van der Waals surface area contributed by atoms with Crippen LogP contribution in [0.15, 0.2) is 48.5 Å². The maximum atomic E-state index is 12.2. The Morgan fingerprint density at radius 2 is 1.28 bits per heavy atom. The van der Waals surface area contributed by atoms with Crippen molar-refractivity contribution in [3.05, 3.63) is 65.2 Å². The molecule has 0 radical (unpaired) electrons. The summed E-state index contributed by atoms with van der Waals surface area (Å²) >= 11 is 0. The van der Waals surface area contributed by atoms with Gasteiger partial charge in [-0.15, -0.1) is 0 Å². The van der Waals surface area contributed by atoms with Crippen LogP contribution in [0.1, 0.15) is 78.1 Å². The summed E-state index contributed by atoms with van der Waals surface area (Å²) < 4.78 is 14.2. The number of nitrogens with one attached hydrogen (secondary N) is 2. The van der Waals surface area contributed by atoms with E-state index < -0.39 is 6.04 Å². The number of amides is 2. The van der Waals surface area contributed by atoms with Gasteiger partial charge in [-0.1, -0.05) is 30.3 Å². The van der Waals surface area contributed by atoms with Crippen LogP contribution >= 0.6 is 0 Å². The molecule has 1 unspecified atom stereocenters. The Morgan fingerprint density at radius 3 is 1.86 bits per heavy atom. The van der Waals surface area contributed by atoms with Gasteiger partial charge in [-0.3, -0.25) is 28.8 Å². The van der Waals surface area contributed by atoms with Crippen molar-refractivity contribution in [2.45, 2.75) is 64.8 Å². The Hall–Kier alpha value is -4.54. The number of carbonyl (C=O) groups excluding carboxylic acids is 6. The third-order valence-electron chi connectivity index (χ3n) is 6.40. The van der Waals surface area contributed by atoms with Gasteiger partial charge in [0.2, 0.25) is 0 Å². The SMILES string of the molecule is COC(=O)CCCC(NC(=O)c1ccccc1C)C(C)=O.COC(=O)CCCCC(=O)CNC(=O)c1ccccc1OC. The van der Waals surface area contributed by atoms with Crippen LogP contribution in [-0.4, -0.2) is 69.2 Å². The zero-order valence-electron chi connectivity index (χ0n) is 25.5. The highest BCUT2D eigenvalue weighted by Gasteiger charge is 2.19. The average molecular weight is 599 g/mol. The van der Waals surface area contributed by atoms with Gasteiger partial charge in [0.1, 0.15) is 5.75 Å². The van der Waals surface area contributed by atoms with Gasteiger partial charge in [0, 0.05) is 24.8 Å². The highest BCUT2D eigenvalue weighted by Crippen LogP contribution is 2.16. The van der Waals surface area contributed by atoms with E-state index in [1.807, 2.05) is 19.1 Å². The van der Waals surface area contributed by atoms with E-state index in [1.165, 1.54) is 28.3 Å². The normalized spacial score (nSPS) is 10.7. The zero-order chi connectivity index (χ0) is 32.2. The molecule has 0 fully saturated rings. The van der Waals surface area contributed by atoms with Crippen LogP contribution in [0.4, 0.5) is 0 Å². The van der Waals surface area contributed by atoms with E-state index in [2.05, 4.69) is 20.1 Å². The quantitative estimate of drug-likeness (QED) is 0.217. The molecule has 0 aromatic heterocycles. The Balaban J connectivity index is 0.000000430. The van der Waals surface area contributed by atoms with E-state index in [9.17, 15) is 28.8 Å². The van der Waals surface area contributed by atoms with Crippen LogP contribution in [0, 0.1) is 6.92 Å². The molecule has 2 aromatic rings. The molecule has 2 rings (SSSR count). The summed E-state index contributed by atoms with van der Waals surface area (Å²) in [6.45, 7) is 3.24. The van der Waals surface area contributed by atoms with Crippen LogP contribution in [0.5, 0.6) is 5.75 Å². The van der Waals surface area contributed by atoms with Crippen molar-refractivity contribution in [1.82, 2.24) is 10.6 Å². The van der Waals surface area contributed by atoms with Gasteiger partial charge in [-0.2, -0.15) is 0 Å². The fourth-order valence-corrected chi connectivity index (χ4v) is 3.88. The number of benzene rings is 2. The number of esters is 2. The summed E-state index contributed by atoms with van der Waals surface area (Å²) in [6.07, 6.45) is 2.96. The van der Waals surface area contributed by atoms with E-state index in [4.69, 9.17) is 4.74 Å². The Labute approximate surface area is 252 Å². The summed E-state index contributed by atoms with van der Waals surface area (Å²) in [5, 5.41) is 5.30. The second-order valence-corrected chi connectivity index (χ2v) is 9.62. The fourth-order valence-electron chi connectivity index (χ4n) is 3.88. The number of ether oxygens (including phenoxy) is 3. The minimum absolute atomic E-state index is 0.0326. The van der Waals surface area contributed by atoms with Gasteiger partial charge in [0.25, 0.3) is 11.8 Å². The number of hydrogen-bond donors (Lipinski definition) is 2. The Bertz CT molecular complexity index is 1240. The number of ketones is 2. The first-order valence-corrected chi connectivity index (χ1v) is 14.0. The van der Waals surface area contributed by atoms with Crippen LogP contribution < -0.4 is 15.4 Å². The molecule has 2 amide bonds. The smallest absolute Gasteiger partial charge is 0.305 e. The molecule has 0 aliphatic heterocycles. The number of unbranched alkanes of at least 4 members (excludes halogenated alkanes) is 1. The molecule has 0 bridgehead atoms. The van der Waals surface area contributed by atoms with Crippen LogP contribution in [0.3, 0.4) is 0 Å². The van der Waals surface area contributed by atoms with E-state index in [1.54, 1.807) is 36.4 Å². The lowest BCUT2D eigenvalue weighted by atomic mass is 10.0. The average Bonchev–Trinajstić information content (AvgIpc) is 3.01. The predicted molar refractivity (Wildman–Crippen MR) is 160 cm³/mol. The number of aryl methyl sites for hydroxylation is 1. The van der Waals surface area contributed by atoms with E-state index >= 15 is 0 Å². The van der Waals surface area contributed by atoms with Crippen molar-refractivity contribution in [3.8, 4) is 5.75 Å². The van der Waals surface area contributed by atoms with Crippen molar-refractivity contribution in [1.29, 1.82) is 0 Å². The van der Waals surface area contributed by atoms with Crippen molar-refractivity contribution < 1.29 is 43.0 Å². The van der Waals surface area contributed by atoms with E-state index in [-0.39, 0.29) is 48.3 Å². The highest BCUT2D eigenvalue weighted by molar-refractivity contribution is 5.99. The lowest BCUT2D eigenvalue weighted by molar-refractivity contribution is -0.141. The zero-order valence-corrected chi connectivity index (χ0v) is 25.5. The predicted octanol–water partition coefficient (Wildman–Crippen LogP) is 3.75. The molecule has 1 atom stereocenters. The number of Topliss-reactive ketones (excluding diaryl/α,β-unsaturated/α-hetero) is 2. The number of hydrogen-bond acceptors (Lipinski definition) is 9. The monoisotopic (exact) mass is 598 g/mol. The maximum Gasteiger partial charge on any atom is 0.305 e. The highest BCUT2D eigenvalue weighted by atomic mass is 16.5. The molecule has 0 aliphatic carbocycles. The minimum atomic E-state index is -0.582. The Kier molecular flexibility index (Phi) is 17.3. The summed E-state index contributed by atoms with van der Waals surface area (Å²) in [7, 11) is 4.14. The maximum absolute atomic E-state index is 12.2. The van der Waals surface area contributed by atoms with Gasteiger partial charge in [-0.05, 0) is 63.3 Å². The molecule has 43 heavy (non-hydrogen) atoms. The van der Waals surface area contributed by atoms with Crippen LogP contribution in [0.25, 0.3) is 0 Å². The molecule has 11 heteroatoms. The summed E-state index contributed by atoms with van der Waals surface area (Å²) in [6, 6.07) is 13.4.